The molecule has 0 radical (unpaired) electrons. The lowest BCUT2D eigenvalue weighted by atomic mass is 10.0. The molecule has 0 aliphatic carbocycles. The molecule has 1 saturated heterocycles. The van der Waals surface area contributed by atoms with Gasteiger partial charge in [-0.1, -0.05) is 18.1 Å². The van der Waals surface area contributed by atoms with E-state index >= 15 is 0 Å². The molecule has 128 valence electrons. The first-order valence-electron chi connectivity index (χ1n) is 8.14. The van der Waals surface area contributed by atoms with Crippen LogP contribution >= 0.6 is 0 Å². The topological polar surface area (TPSA) is 91.5 Å². The van der Waals surface area contributed by atoms with Gasteiger partial charge in [-0.2, -0.15) is 0 Å². The molecule has 7 nitrogen and oxygen atoms in total. The van der Waals surface area contributed by atoms with Crippen molar-refractivity contribution >= 4 is 11.7 Å². The standard InChI is InChI=1S/C17H22N4O3/c1-3-13-15(12(2)24-20-13)16(22)19-10-17(23)7-9-21(11-17)14-6-4-5-8-18-14/h4-6,8,23H,3,7,9-11H2,1-2H3,(H,19,22)/t17-/m1/s1. The summed E-state index contributed by atoms with van der Waals surface area (Å²) in [5, 5.41) is 17.5. The first-order valence-corrected chi connectivity index (χ1v) is 8.14. The lowest BCUT2D eigenvalue weighted by molar-refractivity contribution is 0.0575. The summed E-state index contributed by atoms with van der Waals surface area (Å²) >= 11 is 0. The highest BCUT2D eigenvalue weighted by molar-refractivity contribution is 5.96. The Morgan fingerprint density at radius 3 is 3.04 bits per heavy atom. The third kappa shape index (κ3) is 3.26. The van der Waals surface area contributed by atoms with Crippen LogP contribution in [0, 0.1) is 6.92 Å². The van der Waals surface area contributed by atoms with Crippen molar-refractivity contribution < 1.29 is 14.4 Å². The number of hydrogen-bond acceptors (Lipinski definition) is 6. The van der Waals surface area contributed by atoms with Crippen LogP contribution in [0.2, 0.25) is 0 Å². The second kappa shape index (κ2) is 6.60. The summed E-state index contributed by atoms with van der Waals surface area (Å²) in [7, 11) is 0. The second-order valence-corrected chi connectivity index (χ2v) is 6.18. The highest BCUT2D eigenvalue weighted by Gasteiger charge is 2.37. The van der Waals surface area contributed by atoms with Crippen LogP contribution in [0.3, 0.4) is 0 Å². The first-order chi connectivity index (χ1) is 11.5. The Morgan fingerprint density at radius 1 is 1.50 bits per heavy atom. The number of pyridine rings is 1. The fraction of sp³-hybridized carbons (Fsp3) is 0.471. The van der Waals surface area contributed by atoms with Gasteiger partial charge < -0.3 is 19.8 Å². The molecule has 0 aromatic carbocycles. The molecular weight excluding hydrogens is 308 g/mol. The number of hydrogen-bond donors (Lipinski definition) is 2. The third-order valence-corrected chi connectivity index (χ3v) is 4.38. The van der Waals surface area contributed by atoms with Gasteiger partial charge in [0.15, 0.2) is 0 Å². The smallest absolute Gasteiger partial charge is 0.256 e. The van der Waals surface area contributed by atoms with Gasteiger partial charge in [-0.3, -0.25) is 4.79 Å². The van der Waals surface area contributed by atoms with E-state index < -0.39 is 5.60 Å². The number of aliphatic hydroxyl groups is 1. The van der Waals surface area contributed by atoms with Crippen molar-refractivity contribution in [2.45, 2.75) is 32.3 Å². The molecule has 0 spiro atoms. The molecule has 1 aliphatic rings. The zero-order valence-corrected chi connectivity index (χ0v) is 14.0. The van der Waals surface area contributed by atoms with E-state index in [1.165, 1.54) is 0 Å². The Hall–Kier alpha value is -2.41. The maximum absolute atomic E-state index is 12.4. The van der Waals surface area contributed by atoms with Crippen LogP contribution < -0.4 is 10.2 Å². The monoisotopic (exact) mass is 330 g/mol. The summed E-state index contributed by atoms with van der Waals surface area (Å²) in [4.78, 5) is 18.7. The van der Waals surface area contributed by atoms with Crippen molar-refractivity contribution in [2.75, 3.05) is 24.5 Å². The molecule has 2 aromatic rings. The number of β-amino-alcohol motifs (C(OH)–C–C–N with tert-alkyl or cyclic N) is 1. The minimum atomic E-state index is -0.968. The fourth-order valence-electron chi connectivity index (χ4n) is 3.02. The van der Waals surface area contributed by atoms with Gasteiger partial charge in [0.25, 0.3) is 5.91 Å². The van der Waals surface area contributed by atoms with Crippen molar-refractivity contribution in [2.24, 2.45) is 0 Å². The van der Waals surface area contributed by atoms with Crippen LogP contribution in [0.4, 0.5) is 5.82 Å². The molecule has 1 fully saturated rings. The number of rotatable bonds is 5. The van der Waals surface area contributed by atoms with Crippen molar-refractivity contribution in [3.8, 4) is 0 Å². The lowest BCUT2D eigenvalue weighted by Gasteiger charge is -2.24. The molecule has 2 aromatic heterocycles. The van der Waals surface area contributed by atoms with Crippen molar-refractivity contribution in [3.63, 3.8) is 0 Å². The summed E-state index contributed by atoms with van der Waals surface area (Å²) in [5.41, 5.74) is 0.143. The highest BCUT2D eigenvalue weighted by atomic mass is 16.5. The Kier molecular flexibility index (Phi) is 4.53. The normalized spacial score (nSPS) is 20.4. The number of nitrogens with one attached hydrogen (secondary N) is 1. The second-order valence-electron chi connectivity index (χ2n) is 6.18. The van der Waals surface area contributed by atoms with Gasteiger partial charge in [-0.25, -0.2) is 4.98 Å². The van der Waals surface area contributed by atoms with Gasteiger partial charge >= 0.3 is 0 Å². The Balaban J connectivity index is 1.62. The van der Waals surface area contributed by atoms with E-state index in [9.17, 15) is 9.90 Å². The van der Waals surface area contributed by atoms with Crippen molar-refractivity contribution in [1.82, 2.24) is 15.5 Å². The van der Waals surface area contributed by atoms with E-state index in [1.807, 2.05) is 30.0 Å². The van der Waals surface area contributed by atoms with Gasteiger partial charge in [-0.15, -0.1) is 0 Å². The zero-order chi connectivity index (χ0) is 17.2. The molecule has 3 rings (SSSR count). The number of carbonyl (C=O) groups is 1. The average molecular weight is 330 g/mol. The Labute approximate surface area is 140 Å². The quantitative estimate of drug-likeness (QED) is 0.859. The van der Waals surface area contributed by atoms with E-state index in [-0.39, 0.29) is 12.5 Å². The first kappa shape index (κ1) is 16.4. The summed E-state index contributed by atoms with van der Waals surface area (Å²) in [5.74, 6) is 1.08. The highest BCUT2D eigenvalue weighted by Crippen LogP contribution is 2.25. The van der Waals surface area contributed by atoms with Gasteiger partial charge in [0, 0.05) is 25.8 Å². The van der Waals surface area contributed by atoms with Crippen LogP contribution in [0.1, 0.15) is 35.2 Å². The molecule has 7 heteroatoms. The predicted octanol–water partition coefficient (Wildman–Crippen LogP) is 1.31. The maximum Gasteiger partial charge on any atom is 0.256 e. The Bertz CT molecular complexity index is 716. The number of carbonyl (C=O) groups excluding carboxylic acids is 1. The number of anilines is 1. The maximum atomic E-state index is 12.4. The van der Waals surface area contributed by atoms with Crippen LogP contribution in [0.15, 0.2) is 28.9 Å². The van der Waals surface area contributed by atoms with E-state index in [0.29, 0.717) is 42.9 Å². The molecule has 0 bridgehead atoms. The Morgan fingerprint density at radius 2 is 2.33 bits per heavy atom. The molecule has 0 saturated carbocycles. The molecule has 3 heterocycles. The van der Waals surface area contributed by atoms with Crippen LogP contribution in [0.5, 0.6) is 0 Å². The van der Waals surface area contributed by atoms with E-state index in [2.05, 4.69) is 15.5 Å². The molecular formula is C17H22N4O3. The molecule has 2 N–H and O–H groups in total. The molecule has 0 unspecified atom stereocenters. The average Bonchev–Trinajstić information content (AvgIpc) is 3.17. The predicted molar refractivity (Wildman–Crippen MR) is 89.0 cm³/mol. The van der Waals surface area contributed by atoms with Crippen molar-refractivity contribution in [1.29, 1.82) is 0 Å². The summed E-state index contributed by atoms with van der Waals surface area (Å²) in [6.07, 6.45) is 2.93. The fourth-order valence-corrected chi connectivity index (χ4v) is 3.02. The molecule has 1 aliphatic heterocycles. The number of nitrogens with zero attached hydrogens (tertiary/aromatic N) is 3. The molecule has 1 atom stereocenters. The van der Waals surface area contributed by atoms with Gasteiger partial charge in [0.1, 0.15) is 22.7 Å². The molecule has 1 amide bonds. The minimum absolute atomic E-state index is 0.183. The summed E-state index contributed by atoms with van der Waals surface area (Å²) in [6.45, 7) is 4.96. The lowest BCUT2D eigenvalue weighted by Crippen LogP contribution is -2.45. The van der Waals surface area contributed by atoms with Crippen molar-refractivity contribution in [3.05, 3.63) is 41.4 Å². The van der Waals surface area contributed by atoms with Crippen LogP contribution in [0.25, 0.3) is 0 Å². The number of aryl methyl sites for hydroxylation is 2. The van der Waals surface area contributed by atoms with Gasteiger partial charge in [-0.05, 0) is 31.9 Å². The third-order valence-electron chi connectivity index (χ3n) is 4.38. The zero-order valence-electron chi connectivity index (χ0n) is 14.0. The van der Waals surface area contributed by atoms with Gasteiger partial charge in [0.05, 0.1) is 5.69 Å². The van der Waals surface area contributed by atoms with Crippen LogP contribution in [-0.2, 0) is 6.42 Å². The summed E-state index contributed by atoms with van der Waals surface area (Å²) in [6, 6.07) is 5.69. The molecule has 24 heavy (non-hydrogen) atoms. The van der Waals surface area contributed by atoms with E-state index in [4.69, 9.17) is 4.52 Å². The van der Waals surface area contributed by atoms with Crippen LogP contribution in [-0.4, -0.2) is 46.4 Å². The SMILES string of the molecule is CCc1noc(C)c1C(=O)NC[C@]1(O)CCN(c2ccccn2)C1. The minimum Gasteiger partial charge on any atom is -0.386 e. The van der Waals surface area contributed by atoms with Gasteiger partial charge in [0.2, 0.25) is 0 Å². The van der Waals surface area contributed by atoms with E-state index in [0.717, 1.165) is 5.82 Å². The summed E-state index contributed by atoms with van der Waals surface area (Å²) < 4.78 is 5.09. The largest absolute Gasteiger partial charge is 0.386 e. The number of amides is 1. The number of aromatic nitrogens is 2. The van der Waals surface area contributed by atoms with E-state index in [1.54, 1.807) is 13.1 Å².